The van der Waals surface area contributed by atoms with E-state index in [0.29, 0.717) is 5.88 Å². The summed E-state index contributed by atoms with van der Waals surface area (Å²) in [6.07, 6.45) is 0.284. The molecule has 3 nitrogen and oxygen atoms in total. The highest BCUT2D eigenvalue weighted by atomic mass is 35.5. The molecule has 1 fully saturated rings. The average Bonchev–Trinajstić information content (AvgIpc) is 2.62. The van der Waals surface area contributed by atoms with E-state index < -0.39 is 0 Å². The summed E-state index contributed by atoms with van der Waals surface area (Å²) in [6, 6.07) is 0. The number of ether oxygens (including phenoxy) is 1. The number of aromatic nitrogens is 1. The Morgan fingerprint density at radius 2 is 2.41 bits per heavy atom. The van der Waals surface area contributed by atoms with Crippen molar-refractivity contribution in [1.29, 1.82) is 0 Å². The topological polar surface area (TPSA) is 25.4 Å². The Labute approximate surface area is 112 Å². The second-order valence-corrected chi connectivity index (χ2v) is 6.43. The molecule has 0 N–H and O–H groups in total. The third kappa shape index (κ3) is 3.65. The van der Waals surface area contributed by atoms with E-state index in [4.69, 9.17) is 16.3 Å². The van der Waals surface area contributed by atoms with Gasteiger partial charge in [-0.25, -0.2) is 4.98 Å². The standard InChI is InChI=1S/C12H19ClN2OS/c1-9-5-15(8-12(2,3)16-9)6-11-14-10(4-13)7-17-11/h7,9H,4-6,8H2,1-3H3. The molecule has 1 aliphatic rings. The Morgan fingerprint density at radius 1 is 1.65 bits per heavy atom. The van der Waals surface area contributed by atoms with Gasteiger partial charge in [-0.15, -0.1) is 22.9 Å². The molecule has 1 saturated heterocycles. The fraction of sp³-hybridized carbons (Fsp3) is 0.750. The van der Waals surface area contributed by atoms with Crippen LogP contribution < -0.4 is 0 Å². The minimum absolute atomic E-state index is 0.0652. The van der Waals surface area contributed by atoms with Gasteiger partial charge in [-0.3, -0.25) is 4.90 Å². The molecule has 1 aromatic heterocycles. The number of hydrogen-bond acceptors (Lipinski definition) is 4. The smallest absolute Gasteiger partial charge is 0.107 e. The van der Waals surface area contributed by atoms with E-state index in [2.05, 4.69) is 30.7 Å². The number of alkyl halides is 1. The van der Waals surface area contributed by atoms with Gasteiger partial charge in [-0.2, -0.15) is 0 Å². The number of morpholine rings is 1. The summed E-state index contributed by atoms with van der Waals surface area (Å²) in [5.74, 6) is 0.501. The first-order valence-corrected chi connectivity index (χ1v) is 7.29. The molecule has 17 heavy (non-hydrogen) atoms. The van der Waals surface area contributed by atoms with E-state index in [1.807, 2.05) is 5.38 Å². The molecule has 96 valence electrons. The van der Waals surface area contributed by atoms with Crippen LogP contribution in [0.1, 0.15) is 31.5 Å². The molecule has 0 aromatic carbocycles. The molecule has 1 atom stereocenters. The summed E-state index contributed by atoms with van der Waals surface area (Å²) in [5.41, 5.74) is 0.914. The zero-order chi connectivity index (χ0) is 12.5. The quantitative estimate of drug-likeness (QED) is 0.793. The third-order valence-corrected chi connectivity index (χ3v) is 3.89. The molecule has 0 bridgehead atoms. The van der Waals surface area contributed by atoms with E-state index in [1.165, 1.54) is 0 Å². The fourth-order valence-electron chi connectivity index (χ4n) is 2.38. The Hall–Kier alpha value is -0.160. The number of halogens is 1. The number of thiazole rings is 1. The lowest BCUT2D eigenvalue weighted by Gasteiger charge is -2.41. The molecule has 1 unspecified atom stereocenters. The molecule has 0 radical (unpaired) electrons. The predicted molar refractivity (Wildman–Crippen MR) is 71.6 cm³/mol. The molecule has 0 saturated carbocycles. The molecule has 1 aliphatic heterocycles. The van der Waals surface area contributed by atoms with E-state index >= 15 is 0 Å². The van der Waals surface area contributed by atoms with Gasteiger partial charge in [0.05, 0.1) is 29.8 Å². The van der Waals surface area contributed by atoms with Crippen molar-refractivity contribution in [2.75, 3.05) is 13.1 Å². The van der Waals surface area contributed by atoms with Gasteiger partial charge in [0.25, 0.3) is 0 Å². The zero-order valence-corrected chi connectivity index (χ0v) is 12.1. The van der Waals surface area contributed by atoms with Crippen LogP contribution in [0.25, 0.3) is 0 Å². The molecule has 0 amide bonds. The second-order valence-electron chi connectivity index (χ2n) is 5.22. The molecular formula is C12H19ClN2OS. The van der Waals surface area contributed by atoms with Gasteiger partial charge in [-0.1, -0.05) is 0 Å². The van der Waals surface area contributed by atoms with Crippen LogP contribution in [0.15, 0.2) is 5.38 Å². The van der Waals surface area contributed by atoms with Gasteiger partial charge in [0.1, 0.15) is 5.01 Å². The van der Waals surface area contributed by atoms with Crippen LogP contribution in [0.5, 0.6) is 0 Å². The maximum Gasteiger partial charge on any atom is 0.107 e. The maximum absolute atomic E-state index is 5.89. The zero-order valence-electron chi connectivity index (χ0n) is 10.6. The lowest BCUT2D eigenvalue weighted by Crippen LogP contribution is -2.51. The van der Waals surface area contributed by atoms with Crippen molar-refractivity contribution in [3.8, 4) is 0 Å². The highest BCUT2D eigenvalue weighted by Crippen LogP contribution is 2.23. The molecule has 0 aliphatic carbocycles. The van der Waals surface area contributed by atoms with Gasteiger partial charge in [0.15, 0.2) is 0 Å². The van der Waals surface area contributed by atoms with Crippen LogP contribution >= 0.6 is 22.9 Å². The van der Waals surface area contributed by atoms with E-state index in [1.54, 1.807) is 11.3 Å². The van der Waals surface area contributed by atoms with E-state index in [-0.39, 0.29) is 11.7 Å². The van der Waals surface area contributed by atoms with Crippen molar-refractivity contribution in [3.05, 3.63) is 16.1 Å². The Morgan fingerprint density at radius 3 is 3.00 bits per heavy atom. The van der Waals surface area contributed by atoms with Crippen LogP contribution in [0, 0.1) is 0 Å². The van der Waals surface area contributed by atoms with Crippen molar-refractivity contribution < 1.29 is 4.74 Å². The van der Waals surface area contributed by atoms with Crippen LogP contribution in [0.4, 0.5) is 0 Å². The monoisotopic (exact) mass is 274 g/mol. The van der Waals surface area contributed by atoms with Gasteiger partial charge >= 0.3 is 0 Å². The lowest BCUT2D eigenvalue weighted by molar-refractivity contribution is -0.130. The van der Waals surface area contributed by atoms with Crippen LogP contribution in [0.2, 0.25) is 0 Å². The number of nitrogens with zero attached hydrogens (tertiary/aromatic N) is 2. The fourth-order valence-corrected chi connectivity index (χ4v) is 3.44. The first-order chi connectivity index (χ1) is 7.98. The van der Waals surface area contributed by atoms with E-state index in [0.717, 1.165) is 30.3 Å². The summed E-state index contributed by atoms with van der Waals surface area (Å²) in [6.45, 7) is 9.23. The molecule has 2 heterocycles. The van der Waals surface area contributed by atoms with Crippen LogP contribution in [0.3, 0.4) is 0 Å². The molecular weight excluding hydrogens is 256 g/mol. The largest absolute Gasteiger partial charge is 0.370 e. The van der Waals surface area contributed by atoms with Gasteiger partial charge in [0, 0.05) is 18.5 Å². The van der Waals surface area contributed by atoms with Gasteiger partial charge in [0.2, 0.25) is 0 Å². The van der Waals surface area contributed by atoms with Crippen molar-refractivity contribution in [1.82, 2.24) is 9.88 Å². The van der Waals surface area contributed by atoms with Crippen molar-refractivity contribution in [2.24, 2.45) is 0 Å². The average molecular weight is 275 g/mol. The Balaban J connectivity index is 1.98. The van der Waals surface area contributed by atoms with E-state index in [9.17, 15) is 0 Å². The summed E-state index contributed by atoms with van der Waals surface area (Å²) in [4.78, 5) is 6.91. The SMILES string of the molecule is CC1CN(Cc2nc(CCl)cs2)CC(C)(C)O1. The van der Waals surface area contributed by atoms with Crippen molar-refractivity contribution in [3.63, 3.8) is 0 Å². The van der Waals surface area contributed by atoms with Crippen molar-refractivity contribution in [2.45, 2.75) is 44.9 Å². The normalized spacial score (nSPS) is 25.1. The molecule has 5 heteroatoms. The summed E-state index contributed by atoms with van der Waals surface area (Å²) in [7, 11) is 0. The van der Waals surface area contributed by atoms with Gasteiger partial charge < -0.3 is 4.74 Å². The summed E-state index contributed by atoms with van der Waals surface area (Å²) < 4.78 is 5.89. The Bertz CT molecular complexity index is 380. The minimum Gasteiger partial charge on any atom is -0.370 e. The summed E-state index contributed by atoms with van der Waals surface area (Å²) in [5, 5.41) is 3.18. The number of hydrogen-bond donors (Lipinski definition) is 0. The summed E-state index contributed by atoms with van der Waals surface area (Å²) >= 11 is 7.45. The highest BCUT2D eigenvalue weighted by Gasteiger charge is 2.31. The molecule has 0 spiro atoms. The molecule has 1 aromatic rings. The second kappa shape index (κ2) is 5.22. The first kappa shape index (κ1) is 13.3. The van der Waals surface area contributed by atoms with Crippen LogP contribution in [-0.2, 0) is 17.2 Å². The first-order valence-electron chi connectivity index (χ1n) is 5.88. The maximum atomic E-state index is 5.89. The predicted octanol–water partition coefficient (Wildman–Crippen LogP) is 2.88. The van der Waals surface area contributed by atoms with Crippen molar-refractivity contribution >= 4 is 22.9 Å². The highest BCUT2D eigenvalue weighted by molar-refractivity contribution is 7.09. The van der Waals surface area contributed by atoms with Gasteiger partial charge in [-0.05, 0) is 20.8 Å². The third-order valence-electron chi connectivity index (χ3n) is 2.74. The Kier molecular flexibility index (Phi) is 4.08. The minimum atomic E-state index is -0.0652. The number of rotatable bonds is 3. The molecule has 2 rings (SSSR count). The lowest BCUT2D eigenvalue weighted by atomic mass is 10.1. The van der Waals surface area contributed by atoms with Crippen LogP contribution in [-0.4, -0.2) is 34.7 Å².